The van der Waals surface area contributed by atoms with Gasteiger partial charge in [0.25, 0.3) is 0 Å². The quantitative estimate of drug-likeness (QED) is 0.781. The number of hydrogen-bond donors (Lipinski definition) is 0. The average Bonchev–Trinajstić information content (AvgIpc) is 2.67. The van der Waals surface area contributed by atoms with E-state index in [1.165, 1.54) is 17.1 Å². The largest absolute Gasteiger partial charge is 0.218 e. The van der Waals surface area contributed by atoms with Crippen LogP contribution in [-0.2, 0) is 5.33 Å². The molecule has 0 unspecified atom stereocenters. The van der Waals surface area contributed by atoms with Gasteiger partial charge in [-0.2, -0.15) is 4.37 Å². The summed E-state index contributed by atoms with van der Waals surface area (Å²) in [5, 5.41) is 1.70. The molecule has 0 saturated heterocycles. The minimum atomic E-state index is 0.718. The van der Waals surface area contributed by atoms with Crippen LogP contribution in [0.1, 0.15) is 11.4 Å². The lowest BCUT2D eigenvalue weighted by Crippen LogP contribution is -1.80. The van der Waals surface area contributed by atoms with Gasteiger partial charge in [-0.25, -0.2) is 4.98 Å². The lowest BCUT2D eigenvalue weighted by molar-refractivity contribution is 1.15. The monoisotopic (exact) mass is 268 g/mol. The van der Waals surface area contributed by atoms with Crippen LogP contribution in [0, 0.1) is 6.92 Å². The number of rotatable bonds is 2. The molecule has 1 aromatic carbocycles. The van der Waals surface area contributed by atoms with Gasteiger partial charge in [-0.05, 0) is 18.5 Å². The molecule has 4 heteroatoms. The molecule has 2 rings (SSSR count). The summed E-state index contributed by atoms with van der Waals surface area (Å²) in [6, 6.07) is 8.33. The first-order valence-corrected chi connectivity index (χ1v) is 6.14. The molecule has 0 radical (unpaired) electrons. The van der Waals surface area contributed by atoms with Gasteiger partial charge in [0.1, 0.15) is 5.01 Å². The number of aryl methyl sites for hydroxylation is 1. The molecule has 14 heavy (non-hydrogen) atoms. The first-order chi connectivity index (χ1) is 6.79. The predicted octanol–water partition coefficient (Wildman–Crippen LogP) is 3.41. The van der Waals surface area contributed by atoms with Gasteiger partial charge < -0.3 is 0 Å². The van der Waals surface area contributed by atoms with Crippen LogP contribution in [0.25, 0.3) is 10.6 Å². The third-order valence-corrected chi connectivity index (χ3v) is 3.19. The highest BCUT2D eigenvalue weighted by Gasteiger charge is 2.04. The molecule has 2 aromatic rings. The Balaban J connectivity index is 2.34. The molecule has 0 aliphatic heterocycles. The fourth-order valence-corrected chi connectivity index (χ4v) is 2.22. The first kappa shape index (κ1) is 9.80. The minimum Gasteiger partial charge on any atom is -0.218 e. The summed E-state index contributed by atoms with van der Waals surface area (Å²) in [6.45, 7) is 2.08. The minimum absolute atomic E-state index is 0.718. The SMILES string of the molecule is Cc1ccc(-c2nc(CBr)ns2)cc1. The second-order valence-electron chi connectivity index (χ2n) is 3.02. The van der Waals surface area contributed by atoms with Crippen LogP contribution in [0.2, 0.25) is 0 Å². The van der Waals surface area contributed by atoms with Gasteiger partial charge >= 0.3 is 0 Å². The Morgan fingerprint density at radius 3 is 2.57 bits per heavy atom. The van der Waals surface area contributed by atoms with E-state index < -0.39 is 0 Å². The first-order valence-electron chi connectivity index (χ1n) is 4.25. The zero-order valence-electron chi connectivity index (χ0n) is 7.70. The van der Waals surface area contributed by atoms with Gasteiger partial charge in [0.05, 0.1) is 5.33 Å². The highest BCUT2D eigenvalue weighted by molar-refractivity contribution is 9.08. The standard InChI is InChI=1S/C10H9BrN2S/c1-7-2-4-8(5-3-7)10-12-9(6-11)13-14-10/h2-5H,6H2,1H3. The summed E-state index contributed by atoms with van der Waals surface area (Å²) >= 11 is 4.78. The Morgan fingerprint density at radius 2 is 2.00 bits per heavy atom. The Bertz CT molecular complexity index is 422. The van der Waals surface area contributed by atoms with E-state index in [9.17, 15) is 0 Å². The van der Waals surface area contributed by atoms with Crippen LogP contribution >= 0.6 is 27.5 Å². The zero-order chi connectivity index (χ0) is 9.97. The lowest BCUT2D eigenvalue weighted by atomic mass is 10.2. The van der Waals surface area contributed by atoms with E-state index in [0.717, 1.165) is 21.7 Å². The van der Waals surface area contributed by atoms with Crippen LogP contribution in [0.4, 0.5) is 0 Å². The van der Waals surface area contributed by atoms with E-state index in [0.29, 0.717) is 0 Å². The fraction of sp³-hybridized carbons (Fsp3) is 0.200. The van der Waals surface area contributed by atoms with Crippen molar-refractivity contribution >= 4 is 27.5 Å². The third kappa shape index (κ3) is 2.01. The Morgan fingerprint density at radius 1 is 1.29 bits per heavy atom. The molecule has 2 nitrogen and oxygen atoms in total. The molecule has 0 spiro atoms. The van der Waals surface area contributed by atoms with Gasteiger partial charge in [-0.3, -0.25) is 0 Å². The van der Waals surface area contributed by atoms with E-state index in [2.05, 4.69) is 56.5 Å². The van der Waals surface area contributed by atoms with Gasteiger partial charge in [0, 0.05) is 5.56 Å². The fourth-order valence-electron chi connectivity index (χ4n) is 1.12. The molecule has 0 aliphatic carbocycles. The smallest absolute Gasteiger partial charge is 0.153 e. The maximum absolute atomic E-state index is 4.39. The maximum Gasteiger partial charge on any atom is 0.153 e. The van der Waals surface area contributed by atoms with E-state index in [1.54, 1.807) is 0 Å². The molecule has 0 aliphatic rings. The highest BCUT2D eigenvalue weighted by Crippen LogP contribution is 2.22. The summed E-state index contributed by atoms with van der Waals surface area (Å²) in [5.74, 6) is 0.852. The summed E-state index contributed by atoms with van der Waals surface area (Å²) in [7, 11) is 0. The Hall–Kier alpha value is -0.740. The van der Waals surface area contributed by atoms with Crippen LogP contribution in [0.15, 0.2) is 24.3 Å². The van der Waals surface area contributed by atoms with Crippen LogP contribution < -0.4 is 0 Å². The molecular weight excluding hydrogens is 260 g/mol. The summed E-state index contributed by atoms with van der Waals surface area (Å²) < 4.78 is 4.22. The average molecular weight is 269 g/mol. The number of benzene rings is 1. The van der Waals surface area contributed by atoms with Crippen molar-refractivity contribution in [2.75, 3.05) is 0 Å². The number of halogens is 1. The molecule has 0 saturated carbocycles. The van der Waals surface area contributed by atoms with Crippen molar-refractivity contribution in [2.24, 2.45) is 0 Å². The lowest BCUT2D eigenvalue weighted by Gasteiger charge is -1.95. The van der Waals surface area contributed by atoms with E-state index in [4.69, 9.17) is 0 Å². The molecule has 0 atom stereocenters. The van der Waals surface area contributed by atoms with E-state index >= 15 is 0 Å². The van der Waals surface area contributed by atoms with Crippen molar-refractivity contribution in [3.63, 3.8) is 0 Å². The van der Waals surface area contributed by atoms with Crippen LogP contribution in [0.5, 0.6) is 0 Å². The molecule has 72 valence electrons. The van der Waals surface area contributed by atoms with Crippen molar-refractivity contribution in [1.82, 2.24) is 9.36 Å². The van der Waals surface area contributed by atoms with E-state index in [1.807, 2.05) is 0 Å². The number of nitrogens with zero attached hydrogens (tertiary/aromatic N) is 2. The number of hydrogen-bond acceptors (Lipinski definition) is 3. The topological polar surface area (TPSA) is 25.8 Å². The van der Waals surface area contributed by atoms with Crippen LogP contribution in [0.3, 0.4) is 0 Å². The second-order valence-corrected chi connectivity index (χ2v) is 4.33. The normalized spacial score (nSPS) is 10.4. The summed E-state index contributed by atoms with van der Waals surface area (Å²) in [5.41, 5.74) is 2.40. The molecule has 0 N–H and O–H groups in total. The molecule has 1 heterocycles. The molecule has 0 amide bonds. The van der Waals surface area contributed by atoms with E-state index in [-0.39, 0.29) is 0 Å². The van der Waals surface area contributed by atoms with Crippen molar-refractivity contribution in [3.05, 3.63) is 35.7 Å². The zero-order valence-corrected chi connectivity index (χ0v) is 10.1. The Kier molecular flexibility index (Phi) is 2.93. The van der Waals surface area contributed by atoms with Crippen molar-refractivity contribution < 1.29 is 0 Å². The van der Waals surface area contributed by atoms with Crippen molar-refractivity contribution in [3.8, 4) is 10.6 Å². The molecule has 0 bridgehead atoms. The van der Waals surface area contributed by atoms with Gasteiger partial charge in [-0.15, -0.1) is 0 Å². The number of aromatic nitrogens is 2. The molecule has 0 fully saturated rings. The number of alkyl halides is 1. The molecular formula is C10H9BrN2S. The Labute approximate surface area is 95.3 Å². The highest BCUT2D eigenvalue weighted by atomic mass is 79.9. The summed E-state index contributed by atoms with van der Waals surface area (Å²) in [6.07, 6.45) is 0. The third-order valence-electron chi connectivity index (χ3n) is 1.89. The van der Waals surface area contributed by atoms with Gasteiger partial charge in [0.15, 0.2) is 5.82 Å². The van der Waals surface area contributed by atoms with Crippen molar-refractivity contribution in [1.29, 1.82) is 0 Å². The van der Waals surface area contributed by atoms with Gasteiger partial charge in [-0.1, -0.05) is 45.8 Å². The predicted molar refractivity (Wildman–Crippen MR) is 62.7 cm³/mol. The maximum atomic E-state index is 4.39. The molecule has 1 aromatic heterocycles. The summed E-state index contributed by atoms with van der Waals surface area (Å²) in [4.78, 5) is 4.39. The second kappa shape index (κ2) is 4.19. The van der Waals surface area contributed by atoms with Crippen molar-refractivity contribution in [2.45, 2.75) is 12.3 Å². The van der Waals surface area contributed by atoms with Crippen LogP contribution in [-0.4, -0.2) is 9.36 Å². The van der Waals surface area contributed by atoms with Gasteiger partial charge in [0.2, 0.25) is 0 Å².